The molecule has 0 fully saturated rings. The number of hydrogen-bond donors (Lipinski definition) is 0. The molecule has 0 aliphatic heterocycles. The number of para-hydroxylation sites is 4. The van der Waals surface area contributed by atoms with E-state index in [1.54, 1.807) is 7.11 Å². The molecule has 194 valence electrons. The number of fused-ring (bicyclic) bond motifs is 2. The van der Waals surface area contributed by atoms with Gasteiger partial charge in [0.2, 0.25) is 0 Å². The van der Waals surface area contributed by atoms with E-state index in [-0.39, 0.29) is 0 Å². The molecule has 0 bridgehead atoms. The molecule has 0 N–H and O–H groups in total. The van der Waals surface area contributed by atoms with Crippen molar-refractivity contribution in [3.8, 4) is 34.1 Å². The molecular formula is C35H33N3O. The molecule has 2 heterocycles. The Kier molecular flexibility index (Phi) is 6.40. The molecule has 2 aromatic heterocycles. The quantitative estimate of drug-likeness (QED) is 0.224. The van der Waals surface area contributed by atoms with Crippen molar-refractivity contribution in [1.29, 1.82) is 0 Å². The number of benzene rings is 4. The van der Waals surface area contributed by atoms with Crippen LogP contribution in [0.1, 0.15) is 50.7 Å². The molecule has 0 amide bonds. The Labute approximate surface area is 229 Å². The van der Waals surface area contributed by atoms with E-state index in [1.165, 1.54) is 16.8 Å². The maximum Gasteiger partial charge on any atom is 0.145 e. The zero-order valence-corrected chi connectivity index (χ0v) is 23.1. The SMILES string of the molecule is COc1cccc2ccc(-c3cccc(-c4nc5ccccc5n4-c4c(C(C)C)cccc4C(C)C)c3)nc12. The Morgan fingerprint density at radius 1 is 0.667 bits per heavy atom. The second-order valence-electron chi connectivity index (χ2n) is 10.7. The number of nitrogens with zero attached hydrogens (tertiary/aromatic N) is 3. The highest BCUT2D eigenvalue weighted by Crippen LogP contribution is 2.38. The third-order valence-electron chi connectivity index (χ3n) is 7.45. The molecule has 0 spiro atoms. The number of ether oxygens (including phenoxy) is 1. The molecule has 0 aliphatic rings. The molecular weight excluding hydrogens is 478 g/mol. The minimum atomic E-state index is 0.371. The second-order valence-corrected chi connectivity index (χ2v) is 10.7. The average Bonchev–Trinajstić information content (AvgIpc) is 3.35. The van der Waals surface area contributed by atoms with Crippen LogP contribution in [-0.2, 0) is 0 Å². The Morgan fingerprint density at radius 3 is 2.10 bits per heavy atom. The van der Waals surface area contributed by atoms with Crippen molar-refractivity contribution in [3.63, 3.8) is 0 Å². The van der Waals surface area contributed by atoms with E-state index in [0.29, 0.717) is 11.8 Å². The summed E-state index contributed by atoms with van der Waals surface area (Å²) < 4.78 is 7.97. The Bertz CT molecular complexity index is 1790. The van der Waals surface area contributed by atoms with Crippen LogP contribution < -0.4 is 4.74 Å². The topological polar surface area (TPSA) is 39.9 Å². The van der Waals surface area contributed by atoms with Gasteiger partial charge in [0.25, 0.3) is 0 Å². The van der Waals surface area contributed by atoms with Crippen molar-refractivity contribution >= 4 is 21.9 Å². The van der Waals surface area contributed by atoms with Crippen LogP contribution in [0.15, 0.2) is 97.1 Å². The van der Waals surface area contributed by atoms with Crippen LogP contribution in [0, 0.1) is 0 Å². The van der Waals surface area contributed by atoms with Crippen LogP contribution in [0.2, 0.25) is 0 Å². The van der Waals surface area contributed by atoms with Gasteiger partial charge in [-0.05, 0) is 53.3 Å². The number of methoxy groups -OCH3 is 1. The van der Waals surface area contributed by atoms with E-state index in [4.69, 9.17) is 14.7 Å². The minimum Gasteiger partial charge on any atom is -0.494 e. The fourth-order valence-electron chi connectivity index (χ4n) is 5.48. The fraction of sp³-hybridized carbons (Fsp3) is 0.200. The zero-order chi connectivity index (χ0) is 27.1. The van der Waals surface area contributed by atoms with Crippen LogP contribution in [0.4, 0.5) is 0 Å². The summed E-state index contributed by atoms with van der Waals surface area (Å²) in [6.07, 6.45) is 0. The van der Waals surface area contributed by atoms with E-state index in [1.807, 2.05) is 12.1 Å². The van der Waals surface area contributed by atoms with Crippen molar-refractivity contribution in [2.75, 3.05) is 7.11 Å². The van der Waals surface area contributed by atoms with Crippen molar-refractivity contribution in [1.82, 2.24) is 14.5 Å². The molecule has 4 heteroatoms. The minimum absolute atomic E-state index is 0.371. The summed E-state index contributed by atoms with van der Waals surface area (Å²) >= 11 is 0. The van der Waals surface area contributed by atoms with Gasteiger partial charge in [-0.2, -0.15) is 0 Å². The highest BCUT2D eigenvalue weighted by atomic mass is 16.5. The third-order valence-corrected chi connectivity index (χ3v) is 7.45. The van der Waals surface area contributed by atoms with E-state index in [0.717, 1.165) is 50.3 Å². The first kappa shape index (κ1) is 24.9. The predicted octanol–water partition coefficient (Wildman–Crippen LogP) is 9.16. The lowest BCUT2D eigenvalue weighted by Gasteiger charge is -2.22. The van der Waals surface area contributed by atoms with Crippen molar-refractivity contribution in [2.45, 2.75) is 39.5 Å². The third kappa shape index (κ3) is 4.36. The number of hydrogen-bond acceptors (Lipinski definition) is 3. The van der Waals surface area contributed by atoms with Crippen LogP contribution >= 0.6 is 0 Å². The lowest BCUT2D eigenvalue weighted by atomic mass is 9.92. The van der Waals surface area contributed by atoms with Crippen molar-refractivity contribution in [2.24, 2.45) is 0 Å². The van der Waals surface area contributed by atoms with E-state index >= 15 is 0 Å². The van der Waals surface area contributed by atoms with Crippen LogP contribution in [-0.4, -0.2) is 21.6 Å². The molecule has 0 unspecified atom stereocenters. The Balaban J connectivity index is 1.59. The first-order valence-electron chi connectivity index (χ1n) is 13.6. The molecule has 0 saturated carbocycles. The largest absolute Gasteiger partial charge is 0.494 e. The summed E-state index contributed by atoms with van der Waals surface area (Å²) in [5.41, 5.74) is 9.85. The van der Waals surface area contributed by atoms with Crippen molar-refractivity contribution in [3.05, 3.63) is 108 Å². The summed E-state index contributed by atoms with van der Waals surface area (Å²) in [7, 11) is 1.69. The van der Waals surface area contributed by atoms with Gasteiger partial charge in [0.15, 0.2) is 0 Å². The molecule has 0 radical (unpaired) electrons. The van der Waals surface area contributed by atoms with Gasteiger partial charge in [0.05, 0.1) is 29.5 Å². The second kappa shape index (κ2) is 10.0. The monoisotopic (exact) mass is 511 g/mol. The maximum absolute atomic E-state index is 5.59. The van der Waals surface area contributed by atoms with Gasteiger partial charge in [0, 0.05) is 16.5 Å². The Hall–Kier alpha value is -4.44. The standard InChI is InChI=1S/C35H33N3O/c1-22(2)27-14-10-15-28(23(3)4)34(27)38-31-17-7-6-16-30(31)37-35(38)26-13-8-12-25(21-26)29-20-19-24-11-9-18-32(39-5)33(24)36-29/h6-23H,1-5H3. The van der Waals surface area contributed by atoms with Gasteiger partial charge in [-0.3, -0.25) is 4.57 Å². The lowest BCUT2D eigenvalue weighted by Crippen LogP contribution is -2.08. The average molecular weight is 512 g/mol. The van der Waals surface area contributed by atoms with E-state index in [9.17, 15) is 0 Å². The molecule has 4 nitrogen and oxygen atoms in total. The van der Waals surface area contributed by atoms with Crippen LogP contribution in [0.3, 0.4) is 0 Å². The molecule has 0 saturated heterocycles. The first-order chi connectivity index (χ1) is 19.0. The van der Waals surface area contributed by atoms with Crippen LogP contribution in [0.5, 0.6) is 5.75 Å². The lowest BCUT2D eigenvalue weighted by molar-refractivity contribution is 0.419. The summed E-state index contributed by atoms with van der Waals surface area (Å²) in [5, 5.41) is 1.06. The summed E-state index contributed by atoms with van der Waals surface area (Å²) in [4.78, 5) is 10.2. The van der Waals surface area contributed by atoms with Gasteiger partial charge in [-0.1, -0.05) is 94.4 Å². The predicted molar refractivity (Wildman–Crippen MR) is 162 cm³/mol. The molecule has 39 heavy (non-hydrogen) atoms. The molecule has 0 aliphatic carbocycles. The number of rotatable bonds is 6. The number of pyridine rings is 1. The highest BCUT2D eigenvalue weighted by molar-refractivity contribution is 5.88. The summed E-state index contributed by atoms with van der Waals surface area (Å²) in [6, 6.07) is 33.9. The first-order valence-corrected chi connectivity index (χ1v) is 13.6. The normalized spacial score (nSPS) is 11.7. The van der Waals surface area contributed by atoms with Crippen LogP contribution in [0.25, 0.3) is 50.3 Å². The highest BCUT2D eigenvalue weighted by Gasteiger charge is 2.22. The molecule has 6 aromatic rings. The summed E-state index contributed by atoms with van der Waals surface area (Å²) in [5.74, 6) is 2.46. The number of imidazole rings is 1. The van der Waals surface area contributed by atoms with Gasteiger partial charge in [-0.25, -0.2) is 9.97 Å². The van der Waals surface area contributed by atoms with Gasteiger partial charge >= 0.3 is 0 Å². The summed E-state index contributed by atoms with van der Waals surface area (Å²) in [6.45, 7) is 9.06. The van der Waals surface area contributed by atoms with Gasteiger partial charge < -0.3 is 4.74 Å². The van der Waals surface area contributed by atoms with Gasteiger partial charge in [-0.15, -0.1) is 0 Å². The Morgan fingerprint density at radius 2 is 1.36 bits per heavy atom. The molecule has 0 atom stereocenters. The van der Waals surface area contributed by atoms with E-state index in [2.05, 4.69) is 117 Å². The number of aromatic nitrogens is 3. The molecule has 4 aromatic carbocycles. The van der Waals surface area contributed by atoms with Gasteiger partial charge in [0.1, 0.15) is 17.1 Å². The van der Waals surface area contributed by atoms with Crippen molar-refractivity contribution < 1.29 is 4.74 Å². The fourth-order valence-corrected chi connectivity index (χ4v) is 5.48. The van der Waals surface area contributed by atoms with E-state index < -0.39 is 0 Å². The smallest absolute Gasteiger partial charge is 0.145 e. The maximum atomic E-state index is 5.59. The molecule has 6 rings (SSSR count). The zero-order valence-electron chi connectivity index (χ0n) is 23.1.